The summed E-state index contributed by atoms with van der Waals surface area (Å²) in [6.07, 6.45) is 9.38. The summed E-state index contributed by atoms with van der Waals surface area (Å²) in [7, 11) is 0. The van der Waals surface area contributed by atoms with Crippen molar-refractivity contribution in [2.75, 3.05) is 43.4 Å². The van der Waals surface area contributed by atoms with Crippen LogP contribution in [0, 0.1) is 0 Å². The predicted octanol–water partition coefficient (Wildman–Crippen LogP) is 7.08. The van der Waals surface area contributed by atoms with Crippen LogP contribution in [0.3, 0.4) is 0 Å². The Hall–Kier alpha value is -3.92. The zero-order valence-corrected chi connectivity index (χ0v) is 27.0. The molecule has 4 rings (SSSR count). The van der Waals surface area contributed by atoms with Crippen LogP contribution < -0.4 is 16.0 Å². The molecule has 3 aromatic carbocycles. The maximum atomic E-state index is 12.9. The molecule has 0 aromatic heterocycles. The molecule has 0 saturated carbocycles. The van der Waals surface area contributed by atoms with E-state index in [1.807, 2.05) is 61.5 Å². The molecular weight excluding hydrogens is 580 g/mol. The van der Waals surface area contributed by atoms with Crippen LogP contribution in [-0.2, 0) is 9.53 Å². The van der Waals surface area contributed by atoms with E-state index in [4.69, 9.17) is 4.74 Å². The minimum absolute atomic E-state index is 0.0270. The summed E-state index contributed by atoms with van der Waals surface area (Å²) in [5.74, 6) is -0.0270. The van der Waals surface area contributed by atoms with E-state index < -0.39 is 17.8 Å². The number of aromatic hydroxyl groups is 1. The fraction of sp³-hybridized carbons (Fsp3) is 0.459. The number of nitrogens with zero attached hydrogens (tertiary/aromatic N) is 1. The molecule has 0 spiro atoms. The molecule has 1 aliphatic rings. The van der Waals surface area contributed by atoms with Crippen LogP contribution in [0.25, 0.3) is 11.1 Å². The summed E-state index contributed by atoms with van der Waals surface area (Å²) in [5, 5.41) is 28.8. The van der Waals surface area contributed by atoms with Crippen LogP contribution in [0.2, 0.25) is 0 Å². The van der Waals surface area contributed by atoms with Gasteiger partial charge in [0.1, 0.15) is 11.4 Å². The molecular formula is C37H50N4O5. The van der Waals surface area contributed by atoms with Crippen LogP contribution in [0.15, 0.2) is 72.8 Å². The van der Waals surface area contributed by atoms with E-state index in [-0.39, 0.29) is 5.75 Å². The molecule has 3 aromatic rings. The van der Waals surface area contributed by atoms with E-state index in [0.29, 0.717) is 24.2 Å². The van der Waals surface area contributed by atoms with Gasteiger partial charge < -0.3 is 30.5 Å². The number of phenolic OH excluding ortho intramolecular Hbond substituents is 1. The molecule has 5 N–H and O–H groups in total. The Morgan fingerprint density at radius 2 is 1.59 bits per heavy atom. The van der Waals surface area contributed by atoms with Crippen molar-refractivity contribution in [1.82, 2.24) is 10.2 Å². The van der Waals surface area contributed by atoms with Crippen molar-refractivity contribution >= 4 is 23.9 Å². The van der Waals surface area contributed by atoms with E-state index >= 15 is 0 Å². The van der Waals surface area contributed by atoms with Crippen LogP contribution >= 0.6 is 0 Å². The summed E-state index contributed by atoms with van der Waals surface area (Å²) < 4.78 is 5.96. The zero-order chi connectivity index (χ0) is 32.6. The number of para-hydroxylation sites is 1. The van der Waals surface area contributed by atoms with Crippen molar-refractivity contribution in [2.24, 2.45) is 0 Å². The van der Waals surface area contributed by atoms with Gasteiger partial charge in [-0.2, -0.15) is 0 Å². The number of anilines is 2. The van der Waals surface area contributed by atoms with Gasteiger partial charge in [0.2, 0.25) is 6.41 Å². The summed E-state index contributed by atoms with van der Waals surface area (Å²) in [6.45, 7) is 6.28. The second-order valence-corrected chi connectivity index (χ2v) is 12.5. The van der Waals surface area contributed by atoms with Crippen LogP contribution in [0.5, 0.6) is 5.75 Å². The lowest BCUT2D eigenvalue weighted by molar-refractivity contribution is -0.105. The van der Waals surface area contributed by atoms with Crippen LogP contribution in [0.4, 0.5) is 16.2 Å². The highest BCUT2D eigenvalue weighted by Crippen LogP contribution is 2.30. The summed E-state index contributed by atoms with van der Waals surface area (Å²) in [5.41, 5.74) is 3.26. The van der Waals surface area contributed by atoms with Crippen molar-refractivity contribution < 1.29 is 24.5 Å². The van der Waals surface area contributed by atoms with Crippen molar-refractivity contribution in [3.8, 4) is 16.9 Å². The van der Waals surface area contributed by atoms with Gasteiger partial charge in [0.05, 0.1) is 17.5 Å². The van der Waals surface area contributed by atoms with E-state index in [1.165, 1.54) is 38.2 Å². The number of hydrogen-bond acceptors (Lipinski definition) is 7. The molecule has 9 nitrogen and oxygen atoms in total. The van der Waals surface area contributed by atoms with Gasteiger partial charge in [-0.15, -0.1) is 0 Å². The van der Waals surface area contributed by atoms with Crippen molar-refractivity contribution in [2.45, 2.75) is 76.4 Å². The van der Waals surface area contributed by atoms with Crippen LogP contribution in [0.1, 0.15) is 76.4 Å². The van der Waals surface area contributed by atoms with Gasteiger partial charge in [-0.05, 0) is 75.0 Å². The Kier molecular flexibility index (Phi) is 13.9. The normalized spacial score (nSPS) is 15.2. The number of piperidine rings is 1. The molecule has 1 aliphatic heterocycles. The average Bonchev–Trinajstić information content (AvgIpc) is 3.06. The van der Waals surface area contributed by atoms with E-state index in [0.717, 1.165) is 68.7 Å². The van der Waals surface area contributed by atoms with Gasteiger partial charge >= 0.3 is 6.09 Å². The molecule has 0 aliphatic carbocycles. The highest BCUT2D eigenvalue weighted by Gasteiger charge is 2.33. The first-order valence-electron chi connectivity index (χ1n) is 16.7. The summed E-state index contributed by atoms with van der Waals surface area (Å²) >= 11 is 0. The summed E-state index contributed by atoms with van der Waals surface area (Å²) in [6, 6.07) is 22.6. The monoisotopic (exact) mass is 630 g/mol. The minimum atomic E-state index is -0.707. The number of amides is 2. The van der Waals surface area contributed by atoms with Crippen molar-refractivity contribution in [3.63, 3.8) is 0 Å². The Morgan fingerprint density at radius 1 is 0.913 bits per heavy atom. The Labute approximate surface area is 273 Å². The third kappa shape index (κ3) is 11.2. The van der Waals surface area contributed by atoms with Gasteiger partial charge in [-0.1, -0.05) is 86.7 Å². The summed E-state index contributed by atoms with van der Waals surface area (Å²) in [4.78, 5) is 26.0. The smallest absolute Gasteiger partial charge is 0.412 e. The number of aliphatic hydroxyl groups is 1. The third-order valence-electron chi connectivity index (χ3n) is 8.79. The Morgan fingerprint density at radius 3 is 2.33 bits per heavy atom. The highest BCUT2D eigenvalue weighted by molar-refractivity contribution is 5.91. The molecule has 1 atom stereocenters. The fourth-order valence-electron chi connectivity index (χ4n) is 5.94. The lowest BCUT2D eigenvalue weighted by atomic mass is 9.93. The molecule has 248 valence electrons. The third-order valence-corrected chi connectivity index (χ3v) is 8.79. The maximum Gasteiger partial charge on any atom is 0.412 e. The molecule has 0 radical (unpaired) electrons. The van der Waals surface area contributed by atoms with Gasteiger partial charge in [-0.25, -0.2) is 4.79 Å². The lowest BCUT2D eigenvalue weighted by Gasteiger charge is -2.38. The van der Waals surface area contributed by atoms with Gasteiger partial charge in [0.25, 0.3) is 0 Å². The van der Waals surface area contributed by atoms with Gasteiger partial charge in [0.15, 0.2) is 0 Å². The molecule has 1 saturated heterocycles. The number of rotatable bonds is 18. The number of ether oxygens (including phenoxy) is 1. The minimum Gasteiger partial charge on any atom is -0.506 e. The van der Waals surface area contributed by atoms with Crippen LogP contribution in [-0.4, -0.2) is 65.9 Å². The van der Waals surface area contributed by atoms with Crippen molar-refractivity contribution in [1.29, 1.82) is 0 Å². The Balaban J connectivity index is 1.01. The topological polar surface area (TPSA) is 123 Å². The predicted molar refractivity (Wildman–Crippen MR) is 184 cm³/mol. The van der Waals surface area contributed by atoms with Gasteiger partial charge in [0, 0.05) is 25.2 Å². The SMILES string of the molecule is CC1(OC(=O)Nc2ccccc2-c2ccccc2)CCN(CCCCCCCCCNC[C@H](O)c2ccc(O)c(NC=O)c2)CC1. The van der Waals surface area contributed by atoms with E-state index in [9.17, 15) is 19.8 Å². The van der Waals surface area contributed by atoms with Crippen molar-refractivity contribution in [3.05, 3.63) is 78.4 Å². The first kappa shape index (κ1) is 34.9. The Bertz CT molecular complexity index is 1360. The molecule has 46 heavy (non-hydrogen) atoms. The number of unbranched alkanes of at least 4 members (excludes halogenated alkanes) is 6. The fourth-order valence-corrected chi connectivity index (χ4v) is 5.94. The maximum absolute atomic E-state index is 12.9. The van der Waals surface area contributed by atoms with E-state index in [1.54, 1.807) is 12.1 Å². The number of phenols is 1. The zero-order valence-electron chi connectivity index (χ0n) is 27.0. The highest BCUT2D eigenvalue weighted by atomic mass is 16.6. The quantitative estimate of drug-likeness (QED) is 0.0578. The number of hydrogen-bond donors (Lipinski definition) is 5. The molecule has 1 heterocycles. The first-order valence-corrected chi connectivity index (χ1v) is 16.7. The average molecular weight is 631 g/mol. The lowest BCUT2D eigenvalue weighted by Crippen LogP contribution is -2.46. The number of carbonyl (C=O) groups excluding carboxylic acids is 2. The number of benzene rings is 3. The number of likely N-dealkylation sites (tertiary alicyclic amines) is 1. The molecule has 2 amide bonds. The molecule has 9 heteroatoms. The van der Waals surface area contributed by atoms with E-state index in [2.05, 4.69) is 20.9 Å². The number of carbonyl (C=O) groups is 2. The first-order chi connectivity index (χ1) is 22.4. The second kappa shape index (κ2) is 18.3. The molecule has 0 unspecified atom stereocenters. The second-order valence-electron chi connectivity index (χ2n) is 12.5. The molecule has 0 bridgehead atoms. The standard InChI is InChI=1S/C37H50N4O5/c1-37(46-36(45)40-32-17-11-10-16-31(32)29-14-8-7-9-15-29)20-24-41(25-21-37)23-13-6-4-2-3-5-12-22-38-27-35(44)30-18-19-34(43)33(26-30)39-28-42/h7-11,14-19,26,28,35,38,43-44H,2-6,12-13,20-25,27H2,1H3,(H,39,42)(H,40,45)/t35-/m0/s1. The van der Waals surface area contributed by atoms with Gasteiger partial charge in [-0.3, -0.25) is 10.1 Å². The molecule has 1 fully saturated rings. The largest absolute Gasteiger partial charge is 0.506 e. The number of aliphatic hydroxyl groups excluding tert-OH is 1. The number of nitrogens with one attached hydrogen (secondary N) is 3.